The van der Waals surface area contributed by atoms with Gasteiger partial charge in [-0.05, 0) is 19.8 Å². The zero-order valence-corrected chi connectivity index (χ0v) is 12.0. The number of amidine groups is 1. The van der Waals surface area contributed by atoms with E-state index >= 15 is 0 Å². The van der Waals surface area contributed by atoms with Crippen LogP contribution in [-0.4, -0.2) is 35.1 Å². The summed E-state index contributed by atoms with van der Waals surface area (Å²) < 4.78 is 28.8. The van der Waals surface area contributed by atoms with E-state index < -0.39 is 10.0 Å². The molecule has 2 rings (SSSR count). The van der Waals surface area contributed by atoms with Crippen molar-refractivity contribution >= 4 is 15.9 Å². The lowest BCUT2D eigenvalue weighted by Gasteiger charge is -2.18. The first kappa shape index (κ1) is 14.8. The van der Waals surface area contributed by atoms with E-state index in [1.807, 2.05) is 6.92 Å². The molecule has 0 bridgehead atoms. The van der Waals surface area contributed by atoms with Gasteiger partial charge < -0.3 is 15.5 Å². The van der Waals surface area contributed by atoms with Gasteiger partial charge in [0.05, 0.1) is 6.33 Å². The van der Waals surface area contributed by atoms with Crippen molar-refractivity contribution in [2.24, 2.45) is 16.8 Å². The molecule has 0 aliphatic heterocycles. The van der Waals surface area contributed by atoms with E-state index in [2.05, 4.69) is 14.9 Å². The topological polar surface area (TPSA) is 123 Å². The van der Waals surface area contributed by atoms with Crippen LogP contribution in [0.25, 0.3) is 0 Å². The molecule has 0 aromatic carbocycles. The maximum absolute atomic E-state index is 12.2. The maximum Gasteiger partial charge on any atom is 0.259 e. The summed E-state index contributed by atoms with van der Waals surface area (Å²) in [6.45, 7) is 2.55. The fourth-order valence-electron chi connectivity index (χ4n) is 2.44. The Morgan fingerprint density at radius 3 is 3.00 bits per heavy atom. The van der Waals surface area contributed by atoms with Crippen molar-refractivity contribution in [3.8, 4) is 0 Å². The van der Waals surface area contributed by atoms with Crippen LogP contribution in [0.15, 0.2) is 22.7 Å². The van der Waals surface area contributed by atoms with E-state index in [-0.39, 0.29) is 22.8 Å². The highest BCUT2D eigenvalue weighted by Crippen LogP contribution is 2.27. The lowest BCUT2D eigenvalue weighted by atomic mass is 10.0. The highest BCUT2D eigenvalue weighted by molar-refractivity contribution is 7.89. The van der Waals surface area contributed by atoms with Gasteiger partial charge in [0.25, 0.3) is 10.0 Å². The minimum atomic E-state index is -3.68. The van der Waals surface area contributed by atoms with Crippen molar-refractivity contribution in [3.05, 3.63) is 12.5 Å². The predicted octanol–water partition coefficient (Wildman–Crippen LogP) is 0.0964. The first-order valence-corrected chi connectivity index (χ1v) is 7.97. The van der Waals surface area contributed by atoms with Gasteiger partial charge in [-0.15, -0.1) is 0 Å². The van der Waals surface area contributed by atoms with Crippen molar-refractivity contribution < 1.29 is 13.6 Å². The summed E-state index contributed by atoms with van der Waals surface area (Å²) in [5.41, 5.74) is 5.60. The fourth-order valence-corrected chi connectivity index (χ4v) is 3.70. The van der Waals surface area contributed by atoms with Crippen molar-refractivity contribution in [3.63, 3.8) is 0 Å². The molecule has 4 N–H and O–H groups in total. The molecule has 1 aliphatic carbocycles. The quantitative estimate of drug-likeness (QED) is 0.308. The summed E-state index contributed by atoms with van der Waals surface area (Å²) in [6.07, 6.45) is 5.15. The smallest absolute Gasteiger partial charge is 0.259 e. The molecule has 112 valence electrons. The first-order chi connectivity index (χ1) is 9.47. The molecular weight excluding hydrogens is 282 g/mol. The average Bonchev–Trinajstić information content (AvgIpc) is 3.06. The van der Waals surface area contributed by atoms with E-state index in [9.17, 15) is 8.42 Å². The van der Waals surface area contributed by atoms with Gasteiger partial charge >= 0.3 is 0 Å². The van der Waals surface area contributed by atoms with Crippen molar-refractivity contribution in [2.75, 3.05) is 0 Å². The molecule has 0 amide bonds. The number of aromatic nitrogens is 2. The van der Waals surface area contributed by atoms with Crippen LogP contribution in [0.4, 0.5) is 0 Å². The van der Waals surface area contributed by atoms with Gasteiger partial charge in [0.1, 0.15) is 5.84 Å². The third kappa shape index (κ3) is 2.93. The van der Waals surface area contributed by atoms with Crippen LogP contribution in [0, 0.1) is 5.92 Å². The van der Waals surface area contributed by atoms with Crippen LogP contribution < -0.4 is 10.5 Å². The van der Waals surface area contributed by atoms with Crippen LogP contribution in [0.3, 0.4) is 0 Å². The number of nitrogens with one attached hydrogen (secondary N) is 1. The Morgan fingerprint density at radius 1 is 1.65 bits per heavy atom. The van der Waals surface area contributed by atoms with Crippen molar-refractivity contribution in [1.82, 2.24) is 14.3 Å². The lowest BCUT2D eigenvalue weighted by molar-refractivity contribution is 0.312. The van der Waals surface area contributed by atoms with Gasteiger partial charge in [0.15, 0.2) is 5.03 Å². The normalized spacial score (nSPS) is 24.1. The standard InChI is InChI=1S/C11H19N5O3S/c1-2-16-6-10(13-7-16)20(18,19)15-9-5-3-4-8(9)11(12)14-17/h6-9,15,17H,2-5H2,1H3,(H2,12,14). The second-order valence-electron chi connectivity index (χ2n) is 4.83. The van der Waals surface area contributed by atoms with Crippen LogP contribution >= 0.6 is 0 Å². The van der Waals surface area contributed by atoms with Gasteiger partial charge in [-0.2, -0.15) is 0 Å². The summed E-state index contributed by atoms with van der Waals surface area (Å²) in [5, 5.41) is 11.7. The molecule has 0 radical (unpaired) electrons. The minimum absolute atomic E-state index is 0.00971. The van der Waals surface area contributed by atoms with Crippen LogP contribution in [0.5, 0.6) is 0 Å². The highest BCUT2D eigenvalue weighted by atomic mass is 32.2. The van der Waals surface area contributed by atoms with Gasteiger partial charge in [0.2, 0.25) is 0 Å². The zero-order chi connectivity index (χ0) is 14.8. The number of nitrogens with two attached hydrogens (primary N) is 1. The Labute approximate surface area is 117 Å². The number of aryl methyl sites for hydroxylation is 1. The molecule has 0 saturated heterocycles. The first-order valence-electron chi connectivity index (χ1n) is 6.49. The Balaban J connectivity index is 2.15. The Bertz CT molecular complexity index is 595. The molecular formula is C11H19N5O3S. The van der Waals surface area contributed by atoms with Gasteiger partial charge in [-0.3, -0.25) is 0 Å². The molecule has 8 nitrogen and oxygen atoms in total. The number of imidazole rings is 1. The lowest BCUT2D eigenvalue weighted by Crippen LogP contribution is -2.42. The van der Waals surface area contributed by atoms with E-state index in [0.29, 0.717) is 19.4 Å². The molecule has 1 saturated carbocycles. The number of oxime groups is 1. The van der Waals surface area contributed by atoms with Crippen molar-refractivity contribution in [1.29, 1.82) is 0 Å². The Kier molecular flexibility index (Phi) is 4.29. The molecule has 0 spiro atoms. The number of hydrogen-bond donors (Lipinski definition) is 3. The number of nitrogens with zero attached hydrogens (tertiary/aromatic N) is 3. The molecule has 1 aromatic heterocycles. The molecule has 2 atom stereocenters. The summed E-state index contributed by atoms with van der Waals surface area (Å²) in [7, 11) is -3.68. The third-order valence-corrected chi connectivity index (χ3v) is 4.94. The molecule has 9 heteroatoms. The number of sulfonamides is 1. The fraction of sp³-hybridized carbons (Fsp3) is 0.636. The molecule has 1 heterocycles. The minimum Gasteiger partial charge on any atom is -0.409 e. The average molecular weight is 301 g/mol. The molecule has 2 unspecified atom stereocenters. The molecule has 1 aromatic rings. The third-order valence-electron chi connectivity index (χ3n) is 3.57. The summed E-state index contributed by atoms with van der Waals surface area (Å²) >= 11 is 0. The van der Waals surface area contributed by atoms with Crippen LogP contribution in [0.2, 0.25) is 0 Å². The Hall–Kier alpha value is -1.61. The van der Waals surface area contributed by atoms with Gasteiger partial charge in [0, 0.05) is 24.7 Å². The highest BCUT2D eigenvalue weighted by Gasteiger charge is 2.34. The molecule has 20 heavy (non-hydrogen) atoms. The van der Waals surface area contributed by atoms with Gasteiger partial charge in [-0.1, -0.05) is 11.6 Å². The number of hydrogen-bond acceptors (Lipinski definition) is 5. The van der Waals surface area contributed by atoms with Gasteiger partial charge in [-0.25, -0.2) is 18.1 Å². The van der Waals surface area contributed by atoms with Crippen LogP contribution in [-0.2, 0) is 16.6 Å². The number of rotatable bonds is 5. The van der Waals surface area contributed by atoms with E-state index in [1.54, 1.807) is 4.57 Å². The predicted molar refractivity (Wildman–Crippen MR) is 72.8 cm³/mol. The van der Waals surface area contributed by atoms with E-state index in [4.69, 9.17) is 10.9 Å². The summed E-state index contributed by atoms with van der Waals surface area (Å²) in [4.78, 5) is 3.89. The molecule has 1 aliphatic rings. The largest absolute Gasteiger partial charge is 0.409 e. The maximum atomic E-state index is 12.2. The van der Waals surface area contributed by atoms with Crippen molar-refractivity contribution in [2.45, 2.75) is 43.8 Å². The second kappa shape index (κ2) is 5.80. The SMILES string of the molecule is CCn1cnc(S(=O)(=O)NC2CCCC2C(N)=NO)c1. The Morgan fingerprint density at radius 2 is 2.40 bits per heavy atom. The summed E-state index contributed by atoms with van der Waals surface area (Å²) in [6, 6.07) is -0.359. The second-order valence-corrected chi connectivity index (χ2v) is 6.49. The van der Waals surface area contributed by atoms with E-state index in [0.717, 1.165) is 6.42 Å². The monoisotopic (exact) mass is 301 g/mol. The van der Waals surface area contributed by atoms with Crippen LogP contribution in [0.1, 0.15) is 26.2 Å². The molecule has 1 fully saturated rings. The summed E-state index contributed by atoms with van der Waals surface area (Å²) in [5.74, 6) is -0.211. The van der Waals surface area contributed by atoms with E-state index in [1.165, 1.54) is 12.5 Å². The zero-order valence-electron chi connectivity index (χ0n) is 11.2.